The molecule has 0 aromatic carbocycles. The van der Waals surface area contributed by atoms with Crippen molar-refractivity contribution in [3.05, 3.63) is 23.6 Å². The predicted molar refractivity (Wildman–Crippen MR) is 54.9 cm³/mol. The van der Waals surface area contributed by atoms with Crippen molar-refractivity contribution in [2.45, 2.75) is 27.2 Å². The van der Waals surface area contributed by atoms with Gasteiger partial charge in [0.15, 0.2) is 0 Å². The molecule has 0 amide bonds. The number of hydrogen-bond donors (Lipinski definition) is 1. The Labute approximate surface area is 80.5 Å². The molecule has 0 bridgehead atoms. The zero-order chi connectivity index (χ0) is 10.1. The smallest absolute Gasteiger partial charge is 0.101 e. The summed E-state index contributed by atoms with van der Waals surface area (Å²) < 4.78 is 5.34. The molecule has 0 spiro atoms. The van der Waals surface area contributed by atoms with Crippen LogP contribution in [0.4, 0.5) is 0 Å². The fourth-order valence-corrected chi connectivity index (χ4v) is 1.68. The summed E-state index contributed by atoms with van der Waals surface area (Å²) in [5.74, 6) is 1.46. The summed E-state index contributed by atoms with van der Waals surface area (Å²) in [6.45, 7) is 6.67. The molecule has 0 fully saturated rings. The number of nitrogens with two attached hydrogens (primary N) is 1. The van der Waals surface area contributed by atoms with Crippen LogP contribution >= 0.6 is 0 Å². The molecule has 1 atom stereocenters. The molecular weight excluding hydrogens is 162 g/mol. The Balaban J connectivity index is 2.87. The molecular formula is C11H19NO. The van der Waals surface area contributed by atoms with Crippen LogP contribution in [0.25, 0.3) is 0 Å². The highest BCUT2D eigenvalue weighted by Gasteiger charge is 2.29. The minimum Gasteiger partial charge on any atom is -0.501 e. The maximum absolute atomic E-state index is 5.71. The van der Waals surface area contributed by atoms with Gasteiger partial charge in [-0.3, -0.25) is 0 Å². The Hall–Kier alpha value is -0.920. The van der Waals surface area contributed by atoms with E-state index >= 15 is 0 Å². The molecule has 2 nitrogen and oxygen atoms in total. The number of hydrogen-bond acceptors (Lipinski definition) is 2. The van der Waals surface area contributed by atoms with Crippen molar-refractivity contribution >= 4 is 0 Å². The molecule has 13 heavy (non-hydrogen) atoms. The van der Waals surface area contributed by atoms with Crippen molar-refractivity contribution in [2.75, 3.05) is 7.11 Å². The third kappa shape index (κ3) is 2.27. The lowest BCUT2D eigenvalue weighted by molar-refractivity contribution is 0.162. The van der Waals surface area contributed by atoms with E-state index in [1.54, 1.807) is 7.11 Å². The summed E-state index contributed by atoms with van der Waals surface area (Å²) in [7, 11) is 1.71. The maximum Gasteiger partial charge on any atom is 0.101 e. The normalized spacial score (nSPS) is 23.5. The van der Waals surface area contributed by atoms with E-state index in [4.69, 9.17) is 10.5 Å². The molecule has 1 rings (SSSR count). The molecule has 2 heteroatoms. The van der Waals surface area contributed by atoms with Crippen LogP contribution in [0.2, 0.25) is 0 Å². The SMILES string of the molecule is COC1=CC(N)=CCC1C(C)(C)C. The molecule has 2 N–H and O–H groups in total. The highest BCUT2D eigenvalue weighted by molar-refractivity contribution is 5.25. The molecule has 0 saturated heterocycles. The van der Waals surface area contributed by atoms with Crippen molar-refractivity contribution < 1.29 is 4.74 Å². The van der Waals surface area contributed by atoms with Crippen LogP contribution in [-0.2, 0) is 4.74 Å². The first-order valence-corrected chi connectivity index (χ1v) is 4.66. The van der Waals surface area contributed by atoms with Crippen molar-refractivity contribution in [1.29, 1.82) is 0 Å². The Morgan fingerprint density at radius 3 is 2.54 bits per heavy atom. The van der Waals surface area contributed by atoms with E-state index < -0.39 is 0 Å². The zero-order valence-electron chi connectivity index (χ0n) is 8.92. The van der Waals surface area contributed by atoms with Crippen LogP contribution in [0.1, 0.15) is 27.2 Å². The summed E-state index contributed by atoms with van der Waals surface area (Å²) in [4.78, 5) is 0. The lowest BCUT2D eigenvalue weighted by Gasteiger charge is -2.33. The average molecular weight is 181 g/mol. The Kier molecular flexibility index (Phi) is 2.69. The van der Waals surface area contributed by atoms with Gasteiger partial charge in [-0.05, 0) is 17.9 Å². The minimum absolute atomic E-state index is 0.235. The topological polar surface area (TPSA) is 35.2 Å². The number of methoxy groups -OCH3 is 1. The molecule has 0 aromatic rings. The molecule has 1 aliphatic rings. The molecule has 1 aliphatic carbocycles. The quantitative estimate of drug-likeness (QED) is 0.674. The Morgan fingerprint density at radius 2 is 2.08 bits per heavy atom. The van der Waals surface area contributed by atoms with E-state index in [-0.39, 0.29) is 5.41 Å². The predicted octanol–water partition coefficient (Wildman–Crippen LogP) is 2.43. The largest absolute Gasteiger partial charge is 0.501 e. The van der Waals surface area contributed by atoms with Gasteiger partial charge in [0.2, 0.25) is 0 Å². The van der Waals surface area contributed by atoms with Crippen molar-refractivity contribution in [2.24, 2.45) is 17.1 Å². The van der Waals surface area contributed by atoms with Gasteiger partial charge in [0.1, 0.15) is 5.76 Å². The van der Waals surface area contributed by atoms with Crippen molar-refractivity contribution in [3.63, 3.8) is 0 Å². The Bertz CT molecular complexity index is 245. The Morgan fingerprint density at radius 1 is 1.46 bits per heavy atom. The van der Waals surface area contributed by atoms with E-state index in [9.17, 15) is 0 Å². The zero-order valence-corrected chi connectivity index (χ0v) is 8.92. The van der Waals surface area contributed by atoms with E-state index in [1.165, 1.54) is 0 Å². The van der Waals surface area contributed by atoms with Gasteiger partial charge < -0.3 is 10.5 Å². The first-order valence-electron chi connectivity index (χ1n) is 4.66. The van der Waals surface area contributed by atoms with E-state index in [0.717, 1.165) is 17.9 Å². The van der Waals surface area contributed by atoms with Crippen LogP contribution in [0.5, 0.6) is 0 Å². The molecule has 0 radical (unpaired) electrons. The second-order valence-corrected chi connectivity index (χ2v) is 4.61. The minimum atomic E-state index is 0.235. The fraction of sp³-hybridized carbons (Fsp3) is 0.636. The van der Waals surface area contributed by atoms with Crippen LogP contribution in [0.15, 0.2) is 23.6 Å². The number of ether oxygens (including phenoxy) is 1. The summed E-state index contributed by atoms with van der Waals surface area (Å²) in [6, 6.07) is 0. The first kappa shape index (κ1) is 10.2. The van der Waals surface area contributed by atoms with Gasteiger partial charge in [0, 0.05) is 11.6 Å². The molecule has 1 unspecified atom stereocenters. The molecule has 0 heterocycles. The second kappa shape index (κ2) is 3.44. The number of allylic oxidation sites excluding steroid dienone is 3. The molecule has 74 valence electrons. The van der Waals surface area contributed by atoms with Gasteiger partial charge in [0.25, 0.3) is 0 Å². The van der Waals surface area contributed by atoms with Gasteiger partial charge in [0.05, 0.1) is 7.11 Å². The third-order valence-corrected chi connectivity index (χ3v) is 2.52. The van der Waals surface area contributed by atoms with Gasteiger partial charge in [-0.15, -0.1) is 0 Å². The van der Waals surface area contributed by atoms with E-state index in [0.29, 0.717) is 5.92 Å². The standard InChI is InChI=1S/C11H19NO/c1-11(2,3)9-6-5-8(12)7-10(9)13-4/h5,7,9H,6,12H2,1-4H3. The second-order valence-electron chi connectivity index (χ2n) is 4.61. The van der Waals surface area contributed by atoms with Crippen LogP contribution < -0.4 is 5.73 Å². The number of rotatable bonds is 1. The first-order chi connectivity index (χ1) is 5.95. The van der Waals surface area contributed by atoms with Gasteiger partial charge >= 0.3 is 0 Å². The van der Waals surface area contributed by atoms with Gasteiger partial charge in [-0.2, -0.15) is 0 Å². The highest BCUT2D eigenvalue weighted by atomic mass is 16.5. The molecule has 0 saturated carbocycles. The maximum atomic E-state index is 5.71. The lowest BCUT2D eigenvalue weighted by atomic mass is 9.75. The van der Waals surface area contributed by atoms with Crippen molar-refractivity contribution in [3.8, 4) is 0 Å². The summed E-state index contributed by atoms with van der Waals surface area (Å²) in [5, 5.41) is 0. The summed E-state index contributed by atoms with van der Waals surface area (Å²) in [6.07, 6.45) is 4.98. The third-order valence-electron chi connectivity index (χ3n) is 2.52. The summed E-state index contributed by atoms with van der Waals surface area (Å²) in [5.41, 5.74) is 6.76. The van der Waals surface area contributed by atoms with Crippen LogP contribution in [0.3, 0.4) is 0 Å². The van der Waals surface area contributed by atoms with Gasteiger partial charge in [-0.1, -0.05) is 26.8 Å². The van der Waals surface area contributed by atoms with Gasteiger partial charge in [-0.25, -0.2) is 0 Å². The monoisotopic (exact) mass is 181 g/mol. The summed E-state index contributed by atoms with van der Waals surface area (Å²) >= 11 is 0. The van der Waals surface area contributed by atoms with E-state index in [2.05, 4.69) is 26.8 Å². The lowest BCUT2D eigenvalue weighted by Crippen LogP contribution is -2.25. The fourth-order valence-electron chi connectivity index (χ4n) is 1.68. The van der Waals surface area contributed by atoms with E-state index in [1.807, 2.05) is 6.08 Å². The molecule has 0 aliphatic heterocycles. The highest BCUT2D eigenvalue weighted by Crippen LogP contribution is 2.37. The average Bonchev–Trinajstić information content (AvgIpc) is 2.01. The van der Waals surface area contributed by atoms with Crippen LogP contribution in [-0.4, -0.2) is 7.11 Å². The van der Waals surface area contributed by atoms with Crippen molar-refractivity contribution in [1.82, 2.24) is 0 Å². The molecule has 0 aromatic heterocycles. The van der Waals surface area contributed by atoms with Crippen LogP contribution in [0, 0.1) is 11.3 Å².